The smallest absolute Gasteiger partial charge is 0.166 e. The zero-order valence-corrected chi connectivity index (χ0v) is 10.2. The quantitative estimate of drug-likeness (QED) is 0.902. The van der Waals surface area contributed by atoms with Crippen LogP contribution in [-0.4, -0.2) is 4.98 Å². The van der Waals surface area contributed by atoms with Crippen LogP contribution in [0.25, 0.3) is 0 Å². The van der Waals surface area contributed by atoms with Gasteiger partial charge in [-0.2, -0.15) is 0 Å². The lowest BCUT2D eigenvalue weighted by molar-refractivity contribution is 0.624. The van der Waals surface area contributed by atoms with Gasteiger partial charge in [-0.1, -0.05) is 11.6 Å². The number of thiophene rings is 1. The van der Waals surface area contributed by atoms with Gasteiger partial charge in [0.25, 0.3) is 0 Å². The molecule has 0 fully saturated rings. The van der Waals surface area contributed by atoms with Gasteiger partial charge in [-0.15, -0.1) is 11.3 Å². The number of hydrogen-bond donors (Lipinski definition) is 1. The molecular weight excluding hydrogens is 247 g/mol. The number of nitrogens with zero attached hydrogens (tertiary/aromatic N) is 1. The molecular formula is C11H10ClFN2S. The number of halogens is 2. The Labute approximate surface area is 102 Å². The van der Waals surface area contributed by atoms with E-state index in [4.69, 9.17) is 11.6 Å². The molecule has 2 aromatic heterocycles. The van der Waals surface area contributed by atoms with Crippen LogP contribution in [0.2, 0.25) is 5.02 Å². The summed E-state index contributed by atoms with van der Waals surface area (Å²) in [4.78, 5) is 5.07. The second-order valence-electron chi connectivity index (χ2n) is 3.36. The minimum absolute atomic E-state index is 0.234. The molecule has 84 valence electrons. The van der Waals surface area contributed by atoms with Gasteiger partial charge in [-0.25, -0.2) is 9.37 Å². The summed E-state index contributed by atoms with van der Waals surface area (Å²) in [6, 6.07) is 3.28. The summed E-state index contributed by atoms with van der Waals surface area (Å²) in [5.74, 6) is -0.195. The number of anilines is 1. The Kier molecular flexibility index (Phi) is 3.41. The first-order valence-electron chi connectivity index (χ1n) is 4.74. The van der Waals surface area contributed by atoms with E-state index in [1.165, 1.54) is 22.7 Å². The third kappa shape index (κ3) is 2.51. The second kappa shape index (κ2) is 4.80. The van der Waals surface area contributed by atoms with E-state index in [0.717, 1.165) is 0 Å². The first-order valence-corrected chi connectivity index (χ1v) is 6.00. The maximum absolute atomic E-state index is 13.4. The summed E-state index contributed by atoms with van der Waals surface area (Å²) in [6.07, 6.45) is 1.42. The lowest BCUT2D eigenvalue weighted by atomic mass is 10.3. The van der Waals surface area contributed by atoms with Gasteiger partial charge in [-0.3, -0.25) is 0 Å². The SMILES string of the molecule is Cc1ccsc1CNc1ncc(Cl)cc1F. The molecule has 0 spiro atoms. The van der Waals surface area contributed by atoms with E-state index in [-0.39, 0.29) is 5.82 Å². The Hall–Kier alpha value is -1.13. The highest BCUT2D eigenvalue weighted by atomic mass is 35.5. The molecule has 0 atom stereocenters. The average molecular weight is 257 g/mol. The summed E-state index contributed by atoms with van der Waals surface area (Å²) in [5.41, 5.74) is 1.20. The Morgan fingerprint density at radius 1 is 1.56 bits per heavy atom. The Bertz CT molecular complexity index is 498. The molecule has 1 N–H and O–H groups in total. The van der Waals surface area contributed by atoms with Crippen molar-refractivity contribution in [2.24, 2.45) is 0 Å². The lowest BCUT2D eigenvalue weighted by Crippen LogP contribution is -2.03. The highest BCUT2D eigenvalue weighted by molar-refractivity contribution is 7.10. The van der Waals surface area contributed by atoms with Crippen molar-refractivity contribution in [3.63, 3.8) is 0 Å². The van der Waals surface area contributed by atoms with E-state index >= 15 is 0 Å². The number of pyridine rings is 1. The number of nitrogens with one attached hydrogen (secondary N) is 1. The summed E-state index contributed by atoms with van der Waals surface area (Å²) in [7, 11) is 0. The maximum atomic E-state index is 13.4. The first-order chi connectivity index (χ1) is 7.66. The van der Waals surface area contributed by atoms with Crippen LogP contribution in [0.4, 0.5) is 10.2 Å². The molecule has 0 aliphatic heterocycles. The topological polar surface area (TPSA) is 24.9 Å². The molecule has 0 saturated carbocycles. The van der Waals surface area contributed by atoms with Gasteiger partial charge in [0.05, 0.1) is 11.6 Å². The third-order valence-corrected chi connectivity index (χ3v) is 3.42. The fourth-order valence-electron chi connectivity index (χ4n) is 1.29. The average Bonchev–Trinajstić information content (AvgIpc) is 2.63. The van der Waals surface area contributed by atoms with E-state index in [1.807, 2.05) is 18.4 Å². The molecule has 0 aliphatic rings. The van der Waals surface area contributed by atoms with Crippen molar-refractivity contribution in [2.45, 2.75) is 13.5 Å². The van der Waals surface area contributed by atoms with Crippen molar-refractivity contribution in [1.29, 1.82) is 0 Å². The van der Waals surface area contributed by atoms with Gasteiger partial charge in [0.2, 0.25) is 0 Å². The van der Waals surface area contributed by atoms with Crippen molar-refractivity contribution in [3.8, 4) is 0 Å². The number of rotatable bonds is 3. The van der Waals surface area contributed by atoms with Gasteiger partial charge >= 0.3 is 0 Å². The Balaban J connectivity index is 2.08. The van der Waals surface area contributed by atoms with Crippen molar-refractivity contribution in [2.75, 3.05) is 5.32 Å². The zero-order chi connectivity index (χ0) is 11.5. The molecule has 2 rings (SSSR count). The molecule has 0 aromatic carbocycles. The van der Waals surface area contributed by atoms with Crippen molar-refractivity contribution >= 4 is 28.8 Å². The summed E-state index contributed by atoms with van der Waals surface area (Å²) in [6.45, 7) is 2.61. The van der Waals surface area contributed by atoms with Gasteiger partial charge < -0.3 is 5.32 Å². The van der Waals surface area contributed by atoms with E-state index in [1.54, 1.807) is 11.3 Å². The minimum atomic E-state index is -0.429. The molecule has 16 heavy (non-hydrogen) atoms. The summed E-state index contributed by atoms with van der Waals surface area (Å²) >= 11 is 7.25. The number of hydrogen-bond acceptors (Lipinski definition) is 3. The normalized spacial score (nSPS) is 10.4. The van der Waals surface area contributed by atoms with Crippen LogP contribution >= 0.6 is 22.9 Å². The van der Waals surface area contributed by atoms with Crippen molar-refractivity contribution < 1.29 is 4.39 Å². The van der Waals surface area contributed by atoms with Crippen LogP contribution in [-0.2, 0) is 6.54 Å². The fourth-order valence-corrected chi connectivity index (χ4v) is 2.28. The van der Waals surface area contributed by atoms with Crippen LogP contribution in [0.1, 0.15) is 10.4 Å². The van der Waals surface area contributed by atoms with Gasteiger partial charge in [0.15, 0.2) is 11.6 Å². The highest BCUT2D eigenvalue weighted by Crippen LogP contribution is 2.19. The van der Waals surface area contributed by atoms with E-state index in [2.05, 4.69) is 10.3 Å². The first kappa shape index (κ1) is 11.4. The third-order valence-electron chi connectivity index (χ3n) is 2.19. The van der Waals surface area contributed by atoms with Crippen molar-refractivity contribution in [3.05, 3.63) is 45.0 Å². The van der Waals surface area contributed by atoms with Crippen molar-refractivity contribution in [1.82, 2.24) is 4.98 Å². The molecule has 0 saturated heterocycles. The summed E-state index contributed by atoms with van der Waals surface area (Å²) in [5, 5.41) is 5.26. The molecule has 2 aromatic rings. The molecule has 0 aliphatic carbocycles. The summed E-state index contributed by atoms with van der Waals surface area (Å²) < 4.78 is 13.4. The zero-order valence-electron chi connectivity index (χ0n) is 8.63. The fraction of sp³-hybridized carbons (Fsp3) is 0.182. The van der Waals surface area contributed by atoms with Crippen LogP contribution < -0.4 is 5.32 Å². The highest BCUT2D eigenvalue weighted by Gasteiger charge is 2.05. The lowest BCUT2D eigenvalue weighted by Gasteiger charge is -2.05. The molecule has 5 heteroatoms. The number of aryl methyl sites for hydroxylation is 1. The van der Waals surface area contributed by atoms with Crippen LogP contribution in [0.3, 0.4) is 0 Å². The Morgan fingerprint density at radius 3 is 3.00 bits per heavy atom. The van der Waals surface area contributed by atoms with Gasteiger partial charge in [-0.05, 0) is 30.0 Å². The van der Waals surface area contributed by atoms with E-state index in [9.17, 15) is 4.39 Å². The van der Waals surface area contributed by atoms with Crippen LogP contribution in [0, 0.1) is 12.7 Å². The maximum Gasteiger partial charge on any atom is 0.166 e. The predicted molar refractivity (Wildman–Crippen MR) is 65.6 cm³/mol. The largest absolute Gasteiger partial charge is 0.363 e. The monoisotopic (exact) mass is 256 g/mol. The van der Waals surface area contributed by atoms with Gasteiger partial charge in [0, 0.05) is 11.1 Å². The molecule has 2 heterocycles. The van der Waals surface area contributed by atoms with Gasteiger partial charge in [0.1, 0.15) is 0 Å². The molecule has 0 amide bonds. The molecule has 0 radical (unpaired) electrons. The molecule has 2 nitrogen and oxygen atoms in total. The van der Waals surface area contributed by atoms with Crippen LogP contribution in [0.15, 0.2) is 23.7 Å². The minimum Gasteiger partial charge on any atom is -0.363 e. The molecule has 0 unspecified atom stereocenters. The Morgan fingerprint density at radius 2 is 2.38 bits per heavy atom. The predicted octanol–water partition coefficient (Wildman–Crippen LogP) is 3.86. The number of aromatic nitrogens is 1. The second-order valence-corrected chi connectivity index (χ2v) is 4.80. The van der Waals surface area contributed by atoms with Crippen LogP contribution in [0.5, 0.6) is 0 Å². The van der Waals surface area contributed by atoms with E-state index < -0.39 is 5.82 Å². The molecule has 0 bridgehead atoms. The van der Waals surface area contributed by atoms with E-state index in [0.29, 0.717) is 11.6 Å². The standard InChI is InChI=1S/C11H10ClFN2S/c1-7-2-3-16-10(7)6-15-11-9(13)4-8(12)5-14-11/h2-5H,6H2,1H3,(H,14,15).